The summed E-state index contributed by atoms with van der Waals surface area (Å²) in [5.74, 6) is -1.55. The highest BCUT2D eigenvalue weighted by Gasteiger charge is 2.22. The summed E-state index contributed by atoms with van der Waals surface area (Å²) in [6.07, 6.45) is 0. The molecular weight excluding hydrogens is 313 g/mol. The third-order valence-corrected chi connectivity index (χ3v) is 3.32. The SMILES string of the molecule is O=C(O)C(Nc1ccccc1)c1cc(F)ccc1Br. The maximum atomic E-state index is 13.3. The molecule has 0 heterocycles. The second-order valence-electron chi connectivity index (χ2n) is 3.95. The van der Waals surface area contributed by atoms with Crippen molar-refractivity contribution in [2.45, 2.75) is 6.04 Å². The smallest absolute Gasteiger partial charge is 0.330 e. The summed E-state index contributed by atoms with van der Waals surface area (Å²) in [5.41, 5.74) is 1.00. The Hall–Kier alpha value is -1.88. The molecule has 0 bridgehead atoms. The molecule has 0 spiro atoms. The summed E-state index contributed by atoms with van der Waals surface area (Å²) in [5, 5.41) is 12.2. The van der Waals surface area contributed by atoms with Gasteiger partial charge in [0.2, 0.25) is 0 Å². The highest BCUT2D eigenvalue weighted by molar-refractivity contribution is 9.10. The molecule has 98 valence electrons. The standard InChI is InChI=1S/C14H11BrFNO2/c15-12-7-6-9(16)8-11(12)13(14(18)19)17-10-4-2-1-3-5-10/h1-8,13,17H,(H,18,19). The van der Waals surface area contributed by atoms with Crippen LogP contribution in [-0.2, 0) is 4.79 Å². The van der Waals surface area contributed by atoms with Crippen LogP contribution in [0.15, 0.2) is 53.0 Å². The second kappa shape index (κ2) is 5.84. The van der Waals surface area contributed by atoms with Gasteiger partial charge in [-0.1, -0.05) is 34.1 Å². The minimum absolute atomic E-state index is 0.344. The van der Waals surface area contributed by atoms with E-state index in [1.807, 2.05) is 6.07 Å². The van der Waals surface area contributed by atoms with Crippen LogP contribution in [0.4, 0.5) is 10.1 Å². The first-order valence-corrected chi connectivity index (χ1v) is 6.36. The molecule has 2 aromatic rings. The minimum Gasteiger partial charge on any atom is -0.479 e. The number of aliphatic carboxylic acids is 1. The molecule has 1 unspecified atom stereocenters. The van der Waals surface area contributed by atoms with Gasteiger partial charge < -0.3 is 10.4 Å². The Labute approximate surface area is 118 Å². The predicted molar refractivity (Wildman–Crippen MR) is 74.5 cm³/mol. The van der Waals surface area contributed by atoms with Gasteiger partial charge in [0.25, 0.3) is 0 Å². The first-order valence-electron chi connectivity index (χ1n) is 5.57. The number of para-hydroxylation sites is 1. The highest BCUT2D eigenvalue weighted by atomic mass is 79.9. The van der Waals surface area contributed by atoms with E-state index in [0.717, 1.165) is 0 Å². The van der Waals surface area contributed by atoms with Crippen LogP contribution >= 0.6 is 15.9 Å². The van der Waals surface area contributed by atoms with Crippen molar-refractivity contribution in [2.24, 2.45) is 0 Å². The Bertz CT molecular complexity index is 589. The minimum atomic E-state index is -1.07. The molecule has 0 aromatic heterocycles. The van der Waals surface area contributed by atoms with Crippen LogP contribution in [0, 0.1) is 5.82 Å². The molecule has 0 aliphatic rings. The zero-order valence-corrected chi connectivity index (χ0v) is 11.4. The fourth-order valence-corrected chi connectivity index (χ4v) is 2.18. The van der Waals surface area contributed by atoms with Crippen molar-refractivity contribution in [3.63, 3.8) is 0 Å². The second-order valence-corrected chi connectivity index (χ2v) is 4.80. The van der Waals surface area contributed by atoms with Gasteiger partial charge >= 0.3 is 5.97 Å². The number of halogens is 2. The third kappa shape index (κ3) is 3.32. The van der Waals surface area contributed by atoms with E-state index in [-0.39, 0.29) is 0 Å². The zero-order valence-electron chi connectivity index (χ0n) is 9.81. The first-order chi connectivity index (χ1) is 9.08. The van der Waals surface area contributed by atoms with Crippen molar-refractivity contribution in [1.82, 2.24) is 0 Å². The Morgan fingerprint density at radius 2 is 1.89 bits per heavy atom. The summed E-state index contributed by atoms with van der Waals surface area (Å²) < 4.78 is 13.8. The molecule has 1 atom stereocenters. The molecule has 2 aromatic carbocycles. The van der Waals surface area contributed by atoms with Gasteiger partial charge in [-0.25, -0.2) is 9.18 Å². The first kappa shape index (κ1) is 13.5. The summed E-state index contributed by atoms with van der Waals surface area (Å²) in [6, 6.07) is 11.9. The maximum Gasteiger partial charge on any atom is 0.330 e. The van der Waals surface area contributed by atoms with E-state index in [1.165, 1.54) is 18.2 Å². The molecule has 19 heavy (non-hydrogen) atoms. The van der Waals surface area contributed by atoms with Gasteiger partial charge in [-0.2, -0.15) is 0 Å². The van der Waals surface area contributed by atoms with Crippen molar-refractivity contribution in [3.05, 3.63) is 64.4 Å². The van der Waals surface area contributed by atoms with E-state index in [9.17, 15) is 14.3 Å². The number of rotatable bonds is 4. The molecule has 0 radical (unpaired) electrons. The van der Waals surface area contributed by atoms with Gasteiger partial charge in [-0.3, -0.25) is 0 Å². The monoisotopic (exact) mass is 323 g/mol. The van der Waals surface area contributed by atoms with E-state index in [1.54, 1.807) is 24.3 Å². The summed E-state index contributed by atoms with van der Waals surface area (Å²) in [4.78, 5) is 11.4. The lowest BCUT2D eigenvalue weighted by Crippen LogP contribution is -2.21. The number of carboxylic acid groups (broad SMARTS) is 1. The maximum absolute atomic E-state index is 13.3. The van der Waals surface area contributed by atoms with Gasteiger partial charge in [-0.15, -0.1) is 0 Å². The molecule has 5 heteroatoms. The number of carbonyl (C=O) groups is 1. The fourth-order valence-electron chi connectivity index (χ4n) is 1.71. The van der Waals surface area contributed by atoms with Crippen LogP contribution in [-0.4, -0.2) is 11.1 Å². The molecule has 0 amide bonds. The van der Waals surface area contributed by atoms with Gasteiger partial charge in [0, 0.05) is 15.7 Å². The molecule has 2 rings (SSSR count). The van der Waals surface area contributed by atoms with Crippen LogP contribution in [0.3, 0.4) is 0 Å². The average molecular weight is 324 g/mol. The highest BCUT2D eigenvalue weighted by Crippen LogP contribution is 2.27. The Balaban J connectivity index is 2.35. The lowest BCUT2D eigenvalue weighted by atomic mass is 10.1. The van der Waals surface area contributed by atoms with E-state index >= 15 is 0 Å². The van der Waals surface area contributed by atoms with Crippen LogP contribution < -0.4 is 5.32 Å². The summed E-state index contributed by atoms with van der Waals surface area (Å²) in [6.45, 7) is 0. The largest absolute Gasteiger partial charge is 0.479 e. The topological polar surface area (TPSA) is 49.3 Å². The number of benzene rings is 2. The Morgan fingerprint density at radius 1 is 1.21 bits per heavy atom. The van der Waals surface area contributed by atoms with Crippen molar-refractivity contribution in [2.75, 3.05) is 5.32 Å². The number of hydrogen-bond acceptors (Lipinski definition) is 2. The lowest BCUT2D eigenvalue weighted by Gasteiger charge is -2.17. The number of anilines is 1. The number of nitrogens with one attached hydrogen (secondary N) is 1. The molecule has 0 fully saturated rings. The number of carboxylic acids is 1. The van der Waals surface area contributed by atoms with E-state index < -0.39 is 17.8 Å². The summed E-state index contributed by atoms with van der Waals surface area (Å²) in [7, 11) is 0. The fraction of sp³-hybridized carbons (Fsp3) is 0.0714. The van der Waals surface area contributed by atoms with Crippen molar-refractivity contribution < 1.29 is 14.3 Å². The van der Waals surface area contributed by atoms with Crippen LogP contribution in [0.25, 0.3) is 0 Å². The van der Waals surface area contributed by atoms with Crippen LogP contribution in [0.2, 0.25) is 0 Å². The molecule has 0 aliphatic heterocycles. The quantitative estimate of drug-likeness (QED) is 0.899. The Kier molecular flexibility index (Phi) is 4.16. The molecule has 3 nitrogen and oxygen atoms in total. The van der Waals surface area contributed by atoms with Crippen molar-refractivity contribution in [3.8, 4) is 0 Å². The van der Waals surface area contributed by atoms with Crippen molar-refractivity contribution in [1.29, 1.82) is 0 Å². The molecular formula is C14H11BrFNO2. The van der Waals surface area contributed by atoms with Crippen LogP contribution in [0.1, 0.15) is 11.6 Å². The van der Waals surface area contributed by atoms with E-state index in [4.69, 9.17) is 0 Å². The van der Waals surface area contributed by atoms with Crippen molar-refractivity contribution >= 4 is 27.6 Å². The summed E-state index contributed by atoms with van der Waals surface area (Å²) >= 11 is 3.24. The predicted octanol–water partition coefficient (Wildman–Crippen LogP) is 3.83. The average Bonchev–Trinajstić information content (AvgIpc) is 2.40. The van der Waals surface area contributed by atoms with Gasteiger partial charge in [-0.05, 0) is 30.3 Å². The van der Waals surface area contributed by atoms with Gasteiger partial charge in [0.15, 0.2) is 6.04 Å². The third-order valence-electron chi connectivity index (χ3n) is 2.60. The molecule has 0 aliphatic carbocycles. The van der Waals surface area contributed by atoms with Crippen LogP contribution in [0.5, 0.6) is 0 Å². The Morgan fingerprint density at radius 3 is 2.53 bits per heavy atom. The van der Waals surface area contributed by atoms with Gasteiger partial charge in [0.1, 0.15) is 5.82 Å². The lowest BCUT2D eigenvalue weighted by molar-refractivity contribution is -0.138. The van der Waals surface area contributed by atoms with E-state index in [2.05, 4.69) is 21.2 Å². The van der Waals surface area contributed by atoms with E-state index in [0.29, 0.717) is 15.7 Å². The molecule has 0 saturated carbocycles. The zero-order chi connectivity index (χ0) is 13.8. The van der Waals surface area contributed by atoms with Gasteiger partial charge in [0.05, 0.1) is 0 Å². The number of hydrogen-bond donors (Lipinski definition) is 2. The normalized spacial score (nSPS) is 11.9. The molecule has 2 N–H and O–H groups in total. The molecule has 0 saturated heterocycles.